The molecule has 3 nitrogen and oxygen atoms in total. The highest BCUT2D eigenvalue weighted by molar-refractivity contribution is 6.89. The van der Waals surface area contributed by atoms with Crippen LogP contribution in [0.3, 0.4) is 0 Å². The molecule has 0 N–H and O–H groups in total. The van der Waals surface area contributed by atoms with Gasteiger partial charge in [-0.3, -0.25) is 0 Å². The zero-order chi connectivity index (χ0) is 20.9. The predicted molar refractivity (Wildman–Crippen MR) is 130 cm³/mol. The zero-order valence-electron chi connectivity index (χ0n) is 18.5. The number of rotatable bonds is 1. The second kappa shape index (κ2) is 5.58. The van der Waals surface area contributed by atoms with Crippen molar-refractivity contribution in [2.24, 2.45) is 7.05 Å². The Morgan fingerprint density at radius 2 is 1.67 bits per heavy atom. The first-order valence-corrected chi connectivity index (χ1v) is 14.1. The van der Waals surface area contributed by atoms with Gasteiger partial charge >= 0.3 is 0 Å². The quantitative estimate of drug-likeness (QED) is 0.155. The van der Waals surface area contributed by atoms with E-state index in [1.807, 2.05) is 6.33 Å². The Labute approximate surface area is 176 Å². The SMILES string of the molecule is Cc1cc2c3ccccc3n3c4cc([Si](C)(C)C)cc5nc[n+](C)c(c(c1C)c23)c54. The number of para-hydroxylation sites is 1. The molecule has 4 heteroatoms. The molecule has 3 aromatic carbocycles. The molecule has 0 radical (unpaired) electrons. The Kier molecular flexibility index (Phi) is 3.32. The van der Waals surface area contributed by atoms with Crippen LogP contribution < -0.4 is 9.75 Å². The highest BCUT2D eigenvalue weighted by Gasteiger charge is 2.27. The monoisotopic (exact) mass is 408 g/mol. The number of nitrogens with zero attached hydrogens (tertiary/aromatic N) is 3. The summed E-state index contributed by atoms with van der Waals surface area (Å²) in [5.41, 5.74) is 8.99. The van der Waals surface area contributed by atoms with E-state index in [0.29, 0.717) is 0 Å². The van der Waals surface area contributed by atoms with Crippen molar-refractivity contribution in [2.75, 3.05) is 0 Å². The van der Waals surface area contributed by atoms with Gasteiger partial charge in [-0.2, -0.15) is 0 Å². The molecule has 0 aliphatic rings. The molecular weight excluding hydrogens is 382 g/mol. The van der Waals surface area contributed by atoms with E-state index in [0.717, 1.165) is 5.52 Å². The molecule has 0 atom stereocenters. The Hall–Kier alpha value is -2.98. The van der Waals surface area contributed by atoms with Gasteiger partial charge in [-0.15, -0.1) is 0 Å². The molecule has 6 aromatic rings. The molecule has 148 valence electrons. The Bertz CT molecular complexity index is 1650. The topological polar surface area (TPSA) is 21.2 Å². The Morgan fingerprint density at radius 3 is 2.43 bits per heavy atom. The zero-order valence-corrected chi connectivity index (χ0v) is 19.5. The highest BCUT2D eigenvalue weighted by Crippen LogP contribution is 2.41. The molecule has 0 fully saturated rings. The fraction of sp³-hybridized carbons (Fsp3) is 0.231. The highest BCUT2D eigenvalue weighted by atomic mass is 28.3. The van der Waals surface area contributed by atoms with E-state index in [1.165, 1.54) is 59.9 Å². The van der Waals surface area contributed by atoms with Crippen LogP contribution in [0.2, 0.25) is 19.6 Å². The van der Waals surface area contributed by atoms with E-state index in [1.54, 1.807) is 0 Å². The Balaban J connectivity index is 2.09. The van der Waals surface area contributed by atoms with Gasteiger partial charge in [-0.05, 0) is 54.2 Å². The summed E-state index contributed by atoms with van der Waals surface area (Å²) >= 11 is 0. The van der Waals surface area contributed by atoms with E-state index >= 15 is 0 Å². The van der Waals surface area contributed by atoms with Crippen LogP contribution in [0.4, 0.5) is 0 Å². The van der Waals surface area contributed by atoms with Gasteiger partial charge in [0, 0.05) is 10.8 Å². The summed E-state index contributed by atoms with van der Waals surface area (Å²) in [5, 5.41) is 6.75. The number of aromatic nitrogens is 3. The number of hydrogen-bond acceptors (Lipinski definition) is 1. The molecule has 0 spiro atoms. The average Bonchev–Trinajstić information content (AvgIpc) is 3.03. The molecule has 0 amide bonds. The summed E-state index contributed by atoms with van der Waals surface area (Å²) in [6, 6.07) is 16.0. The molecule has 30 heavy (non-hydrogen) atoms. The lowest BCUT2D eigenvalue weighted by Gasteiger charge is -2.19. The molecule has 3 aromatic heterocycles. The summed E-state index contributed by atoms with van der Waals surface area (Å²) in [5.74, 6) is 0. The number of aryl methyl sites for hydroxylation is 3. The average molecular weight is 409 g/mol. The minimum atomic E-state index is -1.51. The first-order valence-electron chi connectivity index (χ1n) is 10.6. The second-order valence-electron chi connectivity index (χ2n) is 9.79. The number of hydrogen-bond donors (Lipinski definition) is 0. The van der Waals surface area contributed by atoms with Crippen LogP contribution in [0.1, 0.15) is 11.1 Å². The van der Waals surface area contributed by atoms with Gasteiger partial charge in [0.2, 0.25) is 0 Å². The minimum absolute atomic E-state index is 1.11. The third-order valence-electron chi connectivity index (χ3n) is 6.88. The molecular formula is C26H26N3Si+. The van der Waals surface area contributed by atoms with Crippen molar-refractivity contribution >= 4 is 62.4 Å². The number of fused-ring (bicyclic) bond motifs is 5. The third-order valence-corrected chi connectivity index (χ3v) is 8.90. The van der Waals surface area contributed by atoms with Gasteiger partial charge in [0.25, 0.3) is 6.33 Å². The van der Waals surface area contributed by atoms with Crippen LogP contribution in [0.5, 0.6) is 0 Å². The van der Waals surface area contributed by atoms with E-state index in [9.17, 15) is 0 Å². The smallest absolute Gasteiger partial charge is 0.287 e. The molecule has 0 saturated carbocycles. The van der Waals surface area contributed by atoms with Crippen LogP contribution in [-0.4, -0.2) is 17.5 Å². The lowest BCUT2D eigenvalue weighted by atomic mass is 9.97. The molecule has 0 aliphatic carbocycles. The van der Waals surface area contributed by atoms with Crippen molar-refractivity contribution in [3.8, 4) is 0 Å². The van der Waals surface area contributed by atoms with Gasteiger partial charge in [0.15, 0.2) is 5.52 Å². The van der Waals surface area contributed by atoms with Crippen molar-refractivity contribution < 1.29 is 4.57 Å². The lowest BCUT2D eigenvalue weighted by Crippen LogP contribution is -2.38. The van der Waals surface area contributed by atoms with Crippen LogP contribution in [0.25, 0.3) is 49.1 Å². The summed E-state index contributed by atoms with van der Waals surface area (Å²) < 4.78 is 4.72. The van der Waals surface area contributed by atoms with Crippen LogP contribution >= 0.6 is 0 Å². The normalized spacial score (nSPS) is 13.0. The lowest BCUT2D eigenvalue weighted by molar-refractivity contribution is -0.646. The first-order chi connectivity index (χ1) is 14.3. The molecule has 0 unspecified atom stereocenters. The number of benzene rings is 3. The van der Waals surface area contributed by atoms with E-state index in [-0.39, 0.29) is 0 Å². The largest absolute Gasteiger partial charge is 0.308 e. The number of pyridine rings is 1. The molecule has 0 aliphatic heterocycles. The van der Waals surface area contributed by atoms with Crippen molar-refractivity contribution in [1.82, 2.24) is 9.38 Å². The first kappa shape index (κ1) is 17.8. The summed E-state index contributed by atoms with van der Waals surface area (Å²) in [4.78, 5) is 4.88. The standard InChI is InChI=1S/C26H26N3Si/c1-15-11-19-18-9-7-8-10-21(18)29-22-13-17(30(4,5)6)12-20-24(22)26(28(3)14-27-20)23(16(15)2)25(19)29/h7-14H,1-6H3/q+1. The van der Waals surface area contributed by atoms with Gasteiger partial charge in [-0.1, -0.05) is 43.0 Å². The van der Waals surface area contributed by atoms with Gasteiger partial charge < -0.3 is 4.40 Å². The van der Waals surface area contributed by atoms with Gasteiger partial charge in [-0.25, -0.2) is 4.57 Å². The third kappa shape index (κ3) is 2.09. The van der Waals surface area contributed by atoms with E-state index in [4.69, 9.17) is 4.98 Å². The van der Waals surface area contributed by atoms with Gasteiger partial charge in [0.1, 0.15) is 5.52 Å². The molecule has 0 saturated heterocycles. The fourth-order valence-electron chi connectivity index (χ4n) is 5.15. The van der Waals surface area contributed by atoms with Crippen molar-refractivity contribution in [3.63, 3.8) is 0 Å². The van der Waals surface area contributed by atoms with Crippen LogP contribution in [0, 0.1) is 13.8 Å². The molecule has 6 rings (SSSR count). The fourth-order valence-corrected chi connectivity index (χ4v) is 6.29. The van der Waals surface area contributed by atoms with E-state index < -0.39 is 8.07 Å². The Morgan fingerprint density at radius 1 is 0.900 bits per heavy atom. The van der Waals surface area contributed by atoms with Gasteiger partial charge in [0.05, 0.1) is 42.4 Å². The predicted octanol–water partition coefficient (Wildman–Crippen LogP) is 5.37. The maximum Gasteiger partial charge on any atom is 0.287 e. The van der Waals surface area contributed by atoms with Crippen LogP contribution in [-0.2, 0) is 7.05 Å². The van der Waals surface area contributed by atoms with Crippen molar-refractivity contribution in [1.29, 1.82) is 0 Å². The summed E-state index contributed by atoms with van der Waals surface area (Å²) in [7, 11) is 0.622. The van der Waals surface area contributed by atoms with Crippen molar-refractivity contribution in [3.05, 3.63) is 59.9 Å². The minimum Gasteiger partial charge on any atom is -0.308 e. The maximum atomic E-state index is 4.88. The van der Waals surface area contributed by atoms with Crippen molar-refractivity contribution in [2.45, 2.75) is 33.5 Å². The second-order valence-corrected chi connectivity index (χ2v) is 14.9. The van der Waals surface area contributed by atoms with E-state index in [2.05, 4.69) is 92.0 Å². The molecule has 0 bridgehead atoms. The summed E-state index contributed by atoms with van der Waals surface area (Å²) in [6.07, 6.45) is 1.99. The maximum absolute atomic E-state index is 4.88. The van der Waals surface area contributed by atoms with Crippen LogP contribution in [0.15, 0.2) is 48.8 Å². The summed E-state index contributed by atoms with van der Waals surface area (Å²) in [6.45, 7) is 11.7. The molecule has 3 heterocycles.